The number of hydrogen-bond donors (Lipinski definition) is 1. The maximum absolute atomic E-state index is 11.4. The van der Waals surface area contributed by atoms with Crippen LogP contribution in [0, 0.1) is 11.3 Å². The summed E-state index contributed by atoms with van der Waals surface area (Å²) in [6.07, 6.45) is 1.60. The Kier molecular flexibility index (Phi) is 5.17. The number of nitrogens with one attached hydrogen (secondary N) is 1. The van der Waals surface area contributed by atoms with E-state index in [2.05, 4.69) is 33.0 Å². The number of rotatable bonds is 5. The second kappa shape index (κ2) is 5.38. The van der Waals surface area contributed by atoms with E-state index in [1.165, 1.54) is 0 Å². The second-order valence-electron chi connectivity index (χ2n) is 5.37. The van der Waals surface area contributed by atoms with Crippen LogP contribution in [0.15, 0.2) is 0 Å². The van der Waals surface area contributed by atoms with Crippen molar-refractivity contribution in [3.05, 3.63) is 0 Å². The molecule has 2 nitrogen and oxygen atoms in total. The average Bonchev–Trinajstić information content (AvgIpc) is 1.99. The lowest BCUT2D eigenvalue weighted by Crippen LogP contribution is -2.31. The predicted molar refractivity (Wildman–Crippen MR) is 61.1 cm³/mol. The molecule has 0 aliphatic carbocycles. The Balaban J connectivity index is 3.88. The van der Waals surface area contributed by atoms with Crippen molar-refractivity contribution in [2.24, 2.45) is 11.3 Å². The summed E-state index contributed by atoms with van der Waals surface area (Å²) in [4.78, 5) is 11.4. The summed E-state index contributed by atoms with van der Waals surface area (Å²) in [6, 6.07) is 0.254. The van der Waals surface area contributed by atoms with Gasteiger partial charge in [-0.2, -0.15) is 0 Å². The molecule has 1 N–H and O–H groups in total. The van der Waals surface area contributed by atoms with E-state index in [0.29, 0.717) is 12.3 Å². The third kappa shape index (κ3) is 5.25. The molecule has 0 saturated heterocycles. The molecule has 0 aliphatic heterocycles. The first-order valence-electron chi connectivity index (χ1n) is 5.55. The zero-order valence-electron chi connectivity index (χ0n) is 10.5. The molecule has 84 valence electrons. The standard InChI is InChI=1S/C12H25NO/c1-9(2)12(5,6)8-7-11(14)13-10(3)4/h9-10H,7-8H2,1-6H3,(H,13,14). The molecule has 0 unspecified atom stereocenters. The Labute approximate surface area is 88.5 Å². The largest absolute Gasteiger partial charge is 0.354 e. The Hall–Kier alpha value is -0.530. The Morgan fingerprint density at radius 2 is 1.71 bits per heavy atom. The van der Waals surface area contributed by atoms with Crippen LogP contribution in [0.3, 0.4) is 0 Å². The molecule has 2 heteroatoms. The van der Waals surface area contributed by atoms with Crippen molar-refractivity contribution in [2.45, 2.75) is 60.4 Å². The first kappa shape index (κ1) is 13.5. The highest BCUT2D eigenvalue weighted by molar-refractivity contribution is 5.76. The van der Waals surface area contributed by atoms with E-state index < -0.39 is 0 Å². The van der Waals surface area contributed by atoms with Gasteiger partial charge in [0.2, 0.25) is 5.91 Å². The van der Waals surface area contributed by atoms with E-state index >= 15 is 0 Å². The van der Waals surface area contributed by atoms with Crippen LogP contribution in [0.5, 0.6) is 0 Å². The maximum Gasteiger partial charge on any atom is 0.220 e. The van der Waals surface area contributed by atoms with E-state index in [9.17, 15) is 4.79 Å². The summed E-state index contributed by atoms with van der Waals surface area (Å²) < 4.78 is 0. The van der Waals surface area contributed by atoms with Gasteiger partial charge in [0.05, 0.1) is 0 Å². The topological polar surface area (TPSA) is 29.1 Å². The van der Waals surface area contributed by atoms with Gasteiger partial charge >= 0.3 is 0 Å². The molecule has 1 amide bonds. The van der Waals surface area contributed by atoms with Crippen LogP contribution < -0.4 is 5.32 Å². The minimum Gasteiger partial charge on any atom is -0.354 e. The lowest BCUT2D eigenvalue weighted by atomic mass is 9.77. The van der Waals surface area contributed by atoms with Crippen molar-refractivity contribution in [2.75, 3.05) is 0 Å². The lowest BCUT2D eigenvalue weighted by molar-refractivity contribution is -0.122. The molecular weight excluding hydrogens is 174 g/mol. The molecule has 0 radical (unpaired) electrons. The monoisotopic (exact) mass is 199 g/mol. The van der Waals surface area contributed by atoms with Crippen LogP contribution in [-0.2, 0) is 4.79 Å². The maximum atomic E-state index is 11.4. The quantitative estimate of drug-likeness (QED) is 0.724. The van der Waals surface area contributed by atoms with Gasteiger partial charge in [-0.3, -0.25) is 4.79 Å². The summed E-state index contributed by atoms with van der Waals surface area (Å²) in [5, 5.41) is 2.92. The van der Waals surface area contributed by atoms with E-state index in [0.717, 1.165) is 6.42 Å². The highest BCUT2D eigenvalue weighted by atomic mass is 16.1. The summed E-state index contributed by atoms with van der Waals surface area (Å²) in [5.41, 5.74) is 0.258. The lowest BCUT2D eigenvalue weighted by Gasteiger charge is -2.29. The summed E-state index contributed by atoms with van der Waals surface area (Å²) in [6.45, 7) is 12.8. The van der Waals surface area contributed by atoms with E-state index in [1.807, 2.05) is 13.8 Å². The number of amides is 1. The van der Waals surface area contributed by atoms with Gasteiger partial charge in [-0.25, -0.2) is 0 Å². The third-order valence-electron chi connectivity index (χ3n) is 3.01. The molecule has 0 rings (SSSR count). The van der Waals surface area contributed by atoms with Crippen LogP contribution in [0.1, 0.15) is 54.4 Å². The van der Waals surface area contributed by atoms with Gasteiger partial charge in [0.25, 0.3) is 0 Å². The zero-order chi connectivity index (χ0) is 11.4. The molecule has 0 heterocycles. The van der Waals surface area contributed by atoms with Gasteiger partial charge in [-0.1, -0.05) is 27.7 Å². The Morgan fingerprint density at radius 1 is 1.21 bits per heavy atom. The van der Waals surface area contributed by atoms with Gasteiger partial charge in [0.1, 0.15) is 0 Å². The van der Waals surface area contributed by atoms with Crippen molar-refractivity contribution >= 4 is 5.91 Å². The SMILES string of the molecule is CC(C)NC(=O)CCC(C)(C)C(C)C. The summed E-state index contributed by atoms with van der Waals surface area (Å²) >= 11 is 0. The Morgan fingerprint density at radius 3 is 2.07 bits per heavy atom. The summed E-state index contributed by atoms with van der Waals surface area (Å²) in [5.74, 6) is 0.795. The third-order valence-corrected chi connectivity index (χ3v) is 3.01. The fraction of sp³-hybridized carbons (Fsp3) is 0.917. The zero-order valence-corrected chi connectivity index (χ0v) is 10.5. The minimum atomic E-state index is 0.175. The van der Waals surface area contributed by atoms with Crippen molar-refractivity contribution in [1.82, 2.24) is 5.32 Å². The van der Waals surface area contributed by atoms with Gasteiger partial charge in [0, 0.05) is 12.5 Å². The molecule has 0 atom stereocenters. The smallest absolute Gasteiger partial charge is 0.220 e. The van der Waals surface area contributed by atoms with Crippen molar-refractivity contribution in [1.29, 1.82) is 0 Å². The molecule has 0 aliphatic rings. The van der Waals surface area contributed by atoms with Gasteiger partial charge in [-0.05, 0) is 31.6 Å². The van der Waals surface area contributed by atoms with Crippen molar-refractivity contribution in [3.63, 3.8) is 0 Å². The van der Waals surface area contributed by atoms with Gasteiger partial charge in [-0.15, -0.1) is 0 Å². The number of hydrogen-bond acceptors (Lipinski definition) is 1. The molecule has 0 aromatic heterocycles. The van der Waals surface area contributed by atoms with Crippen LogP contribution >= 0.6 is 0 Å². The first-order valence-corrected chi connectivity index (χ1v) is 5.55. The van der Waals surface area contributed by atoms with E-state index in [-0.39, 0.29) is 17.4 Å². The number of carbonyl (C=O) groups excluding carboxylic acids is 1. The van der Waals surface area contributed by atoms with Gasteiger partial charge in [0.15, 0.2) is 0 Å². The summed E-state index contributed by atoms with van der Waals surface area (Å²) in [7, 11) is 0. The molecule has 0 saturated carbocycles. The Bertz CT molecular complexity index is 183. The molecule has 0 fully saturated rings. The highest BCUT2D eigenvalue weighted by Crippen LogP contribution is 2.31. The van der Waals surface area contributed by atoms with Crippen LogP contribution in [0.4, 0.5) is 0 Å². The first-order chi connectivity index (χ1) is 6.25. The van der Waals surface area contributed by atoms with E-state index in [4.69, 9.17) is 0 Å². The second-order valence-corrected chi connectivity index (χ2v) is 5.37. The molecule has 14 heavy (non-hydrogen) atoms. The number of carbonyl (C=O) groups is 1. The normalized spacial score (nSPS) is 12.3. The predicted octanol–water partition coefficient (Wildman–Crippen LogP) is 2.97. The van der Waals surface area contributed by atoms with Gasteiger partial charge < -0.3 is 5.32 Å². The molecule has 0 bridgehead atoms. The van der Waals surface area contributed by atoms with Crippen molar-refractivity contribution in [3.8, 4) is 0 Å². The fourth-order valence-electron chi connectivity index (χ4n) is 1.12. The highest BCUT2D eigenvalue weighted by Gasteiger charge is 2.22. The molecule has 0 aromatic carbocycles. The molecule has 0 aromatic rings. The van der Waals surface area contributed by atoms with E-state index in [1.54, 1.807) is 0 Å². The minimum absolute atomic E-state index is 0.175. The van der Waals surface area contributed by atoms with Crippen molar-refractivity contribution < 1.29 is 4.79 Å². The fourth-order valence-corrected chi connectivity index (χ4v) is 1.12. The van der Waals surface area contributed by atoms with Crippen LogP contribution in [0.2, 0.25) is 0 Å². The molecule has 0 spiro atoms. The van der Waals surface area contributed by atoms with Crippen LogP contribution in [0.25, 0.3) is 0 Å². The van der Waals surface area contributed by atoms with Crippen LogP contribution in [-0.4, -0.2) is 11.9 Å². The molecular formula is C12H25NO. The average molecular weight is 199 g/mol.